The number of aromatic nitrogens is 2. The number of aromatic carboxylic acids is 1. The Bertz CT molecular complexity index is 367. The predicted octanol–water partition coefficient (Wildman–Crippen LogP) is -0.284. The van der Waals surface area contributed by atoms with Crippen molar-refractivity contribution in [3.05, 3.63) is 18.0 Å². The highest BCUT2D eigenvalue weighted by Crippen LogP contribution is 2.35. The van der Waals surface area contributed by atoms with Crippen LogP contribution in [0.25, 0.3) is 0 Å². The van der Waals surface area contributed by atoms with E-state index in [1.54, 1.807) is 0 Å². The second-order valence-corrected chi connectivity index (χ2v) is 3.99. The SMILES string of the molecule is O=C(O)c1cnn(CP(=O)(O)O)c1. The van der Waals surface area contributed by atoms with E-state index < -0.39 is 19.9 Å². The highest BCUT2D eigenvalue weighted by molar-refractivity contribution is 7.50. The van der Waals surface area contributed by atoms with Crippen molar-refractivity contribution >= 4 is 13.6 Å². The van der Waals surface area contributed by atoms with Gasteiger partial charge in [0.25, 0.3) is 0 Å². The maximum Gasteiger partial charge on any atom is 0.346 e. The lowest BCUT2D eigenvalue weighted by molar-refractivity contribution is 0.0696. The molecular weight excluding hydrogens is 199 g/mol. The Morgan fingerprint density at radius 2 is 2.23 bits per heavy atom. The van der Waals surface area contributed by atoms with Crippen LogP contribution in [0.2, 0.25) is 0 Å². The van der Waals surface area contributed by atoms with E-state index in [1.807, 2.05) is 0 Å². The van der Waals surface area contributed by atoms with Gasteiger partial charge in [-0.25, -0.2) is 4.79 Å². The maximum absolute atomic E-state index is 10.5. The molecular formula is C5H7N2O5P. The maximum atomic E-state index is 10.5. The summed E-state index contributed by atoms with van der Waals surface area (Å²) in [5.41, 5.74) is -0.103. The summed E-state index contributed by atoms with van der Waals surface area (Å²) in [5.74, 6) is -1.18. The van der Waals surface area contributed by atoms with Crippen molar-refractivity contribution in [2.45, 2.75) is 6.29 Å². The van der Waals surface area contributed by atoms with Crippen LogP contribution in [0, 0.1) is 0 Å². The number of carbonyl (C=O) groups is 1. The number of rotatable bonds is 3. The van der Waals surface area contributed by atoms with Crippen molar-refractivity contribution < 1.29 is 24.3 Å². The topological polar surface area (TPSA) is 113 Å². The van der Waals surface area contributed by atoms with Crippen LogP contribution in [-0.2, 0) is 10.9 Å². The highest BCUT2D eigenvalue weighted by atomic mass is 31.2. The van der Waals surface area contributed by atoms with Crippen LogP contribution in [0.1, 0.15) is 10.4 Å². The van der Waals surface area contributed by atoms with Crippen LogP contribution in [0.3, 0.4) is 0 Å². The fraction of sp³-hybridized carbons (Fsp3) is 0.200. The summed E-state index contributed by atoms with van der Waals surface area (Å²) < 4.78 is 11.4. The minimum absolute atomic E-state index is 0.103. The molecule has 0 atom stereocenters. The van der Waals surface area contributed by atoms with Gasteiger partial charge < -0.3 is 14.9 Å². The van der Waals surface area contributed by atoms with E-state index in [0.29, 0.717) is 0 Å². The zero-order valence-electron chi connectivity index (χ0n) is 6.36. The Kier molecular flexibility index (Phi) is 2.51. The highest BCUT2D eigenvalue weighted by Gasteiger charge is 2.15. The van der Waals surface area contributed by atoms with Crippen molar-refractivity contribution in [2.75, 3.05) is 0 Å². The summed E-state index contributed by atoms with van der Waals surface area (Å²) in [5, 5.41) is 11.9. The minimum Gasteiger partial charge on any atom is -0.478 e. The Morgan fingerprint density at radius 1 is 1.62 bits per heavy atom. The third-order valence-corrected chi connectivity index (χ3v) is 1.87. The molecule has 0 aromatic carbocycles. The molecule has 1 rings (SSSR count). The van der Waals surface area contributed by atoms with Crippen molar-refractivity contribution in [3.63, 3.8) is 0 Å². The fourth-order valence-corrected chi connectivity index (χ4v) is 1.27. The summed E-state index contributed by atoms with van der Waals surface area (Å²) in [6, 6.07) is 0. The van der Waals surface area contributed by atoms with Gasteiger partial charge >= 0.3 is 13.6 Å². The lowest BCUT2D eigenvalue weighted by Gasteiger charge is -2.01. The van der Waals surface area contributed by atoms with Gasteiger partial charge in [-0.15, -0.1) is 0 Å². The van der Waals surface area contributed by atoms with Gasteiger partial charge in [0.05, 0.1) is 11.8 Å². The average molecular weight is 206 g/mol. The first-order chi connectivity index (χ1) is 5.88. The standard InChI is InChI=1S/C5H7N2O5P/c8-5(9)4-1-6-7(2-4)3-13(10,11)12/h1-2H,3H2,(H,8,9)(H2,10,11,12). The Hall–Kier alpha value is -1.17. The monoisotopic (exact) mass is 206 g/mol. The molecule has 0 unspecified atom stereocenters. The van der Waals surface area contributed by atoms with E-state index >= 15 is 0 Å². The summed E-state index contributed by atoms with van der Waals surface area (Å²) in [7, 11) is -4.20. The van der Waals surface area contributed by atoms with Crippen LogP contribution < -0.4 is 0 Å². The van der Waals surface area contributed by atoms with Gasteiger partial charge in [0.2, 0.25) is 0 Å². The van der Waals surface area contributed by atoms with E-state index in [4.69, 9.17) is 14.9 Å². The smallest absolute Gasteiger partial charge is 0.346 e. The van der Waals surface area contributed by atoms with E-state index in [-0.39, 0.29) is 5.56 Å². The molecule has 0 spiro atoms. The quantitative estimate of drug-likeness (QED) is 0.586. The Labute approximate surface area is 72.8 Å². The Balaban J connectivity index is 2.81. The van der Waals surface area contributed by atoms with Gasteiger partial charge in [-0.3, -0.25) is 9.25 Å². The van der Waals surface area contributed by atoms with E-state index in [0.717, 1.165) is 17.1 Å². The molecule has 0 aliphatic rings. The summed E-state index contributed by atoms with van der Waals surface area (Å²) >= 11 is 0. The molecule has 8 heteroatoms. The minimum atomic E-state index is -4.20. The molecule has 0 saturated heterocycles. The molecule has 1 aromatic heterocycles. The summed E-state index contributed by atoms with van der Waals surface area (Å²) in [4.78, 5) is 27.4. The molecule has 1 aromatic rings. The molecule has 0 radical (unpaired) electrons. The third kappa shape index (κ3) is 2.98. The van der Waals surface area contributed by atoms with Crippen molar-refractivity contribution in [1.82, 2.24) is 9.78 Å². The number of hydrogen-bond donors (Lipinski definition) is 3. The lowest BCUT2D eigenvalue weighted by Crippen LogP contribution is -1.99. The summed E-state index contributed by atoms with van der Waals surface area (Å²) in [6.45, 7) is 0. The van der Waals surface area contributed by atoms with E-state index in [1.165, 1.54) is 0 Å². The largest absolute Gasteiger partial charge is 0.478 e. The molecule has 0 fully saturated rings. The second-order valence-electron chi connectivity index (χ2n) is 2.38. The van der Waals surface area contributed by atoms with Gasteiger partial charge in [0.1, 0.15) is 6.29 Å². The zero-order valence-corrected chi connectivity index (χ0v) is 7.26. The van der Waals surface area contributed by atoms with Crippen LogP contribution >= 0.6 is 7.60 Å². The molecule has 0 aliphatic heterocycles. The molecule has 0 aliphatic carbocycles. The van der Waals surface area contributed by atoms with Crippen LogP contribution in [-0.4, -0.2) is 30.6 Å². The second kappa shape index (κ2) is 3.29. The zero-order chi connectivity index (χ0) is 10.1. The first-order valence-electron chi connectivity index (χ1n) is 3.19. The molecule has 0 bridgehead atoms. The number of carboxylic acid groups (broad SMARTS) is 1. The molecule has 13 heavy (non-hydrogen) atoms. The lowest BCUT2D eigenvalue weighted by atomic mass is 10.4. The van der Waals surface area contributed by atoms with Crippen LogP contribution in [0.4, 0.5) is 0 Å². The predicted molar refractivity (Wildman–Crippen MR) is 41.2 cm³/mol. The molecule has 0 saturated carbocycles. The van der Waals surface area contributed by atoms with Gasteiger partial charge in [0.15, 0.2) is 0 Å². The van der Waals surface area contributed by atoms with Gasteiger partial charge in [-0.05, 0) is 0 Å². The summed E-state index contributed by atoms with van der Waals surface area (Å²) in [6.07, 6.45) is 1.47. The molecule has 1 heterocycles. The average Bonchev–Trinajstić information content (AvgIpc) is 2.31. The van der Waals surface area contributed by atoms with Gasteiger partial charge in [-0.2, -0.15) is 5.10 Å². The number of carboxylic acids is 1. The fourth-order valence-electron chi connectivity index (χ4n) is 0.740. The third-order valence-electron chi connectivity index (χ3n) is 1.21. The Morgan fingerprint density at radius 3 is 2.62 bits per heavy atom. The van der Waals surface area contributed by atoms with Crippen molar-refractivity contribution in [3.8, 4) is 0 Å². The van der Waals surface area contributed by atoms with Crippen LogP contribution in [0.5, 0.6) is 0 Å². The molecule has 7 nitrogen and oxygen atoms in total. The first kappa shape index (κ1) is 9.91. The normalized spacial score (nSPS) is 11.5. The molecule has 0 amide bonds. The van der Waals surface area contributed by atoms with Crippen molar-refractivity contribution in [2.24, 2.45) is 0 Å². The van der Waals surface area contributed by atoms with Crippen molar-refractivity contribution in [1.29, 1.82) is 0 Å². The van der Waals surface area contributed by atoms with E-state index in [9.17, 15) is 9.36 Å². The number of hydrogen-bond acceptors (Lipinski definition) is 3. The molecule has 3 N–H and O–H groups in total. The van der Waals surface area contributed by atoms with Gasteiger partial charge in [0, 0.05) is 6.20 Å². The molecule has 72 valence electrons. The number of nitrogens with zero attached hydrogens (tertiary/aromatic N) is 2. The van der Waals surface area contributed by atoms with Crippen LogP contribution in [0.15, 0.2) is 12.4 Å². The van der Waals surface area contributed by atoms with Gasteiger partial charge in [-0.1, -0.05) is 0 Å². The van der Waals surface area contributed by atoms with E-state index in [2.05, 4.69) is 5.10 Å². The first-order valence-corrected chi connectivity index (χ1v) is 4.98.